The molecule has 1 N–H and O–H groups in total. The molecular weight excluding hydrogens is 333 g/mol. The van der Waals surface area contributed by atoms with Gasteiger partial charge in [0.05, 0.1) is 12.1 Å². The van der Waals surface area contributed by atoms with E-state index in [4.69, 9.17) is 0 Å². The van der Waals surface area contributed by atoms with Crippen LogP contribution in [0.4, 0.5) is 22.0 Å². The molecule has 1 aliphatic heterocycles. The van der Waals surface area contributed by atoms with Gasteiger partial charge < -0.3 is 10.0 Å². The summed E-state index contributed by atoms with van der Waals surface area (Å²) in [5.41, 5.74) is -0.120. The van der Waals surface area contributed by atoms with Crippen molar-refractivity contribution in [3.63, 3.8) is 0 Å². The van der Waals surface area contributed by atoms with E-state index in [0.29, 0.717) is 5.56 Å². The number of hydrogen-bond acceptors (Lipinski definition) is 2. The van der Waals surface area contributed by atoms with Gasteiger partial charge in [0.2, 0.25) is 5.82 Å². The van der Waals surface area contributed by atoms with E-state index in [1.165, 1.54) is 19.1 Å². The van der Waals surface area contributed by atoms with Crippen LogP contribution in [0.2, 0.25) is 0 Å². The molecule has 8 heteroatoms. The normalized spacial score (nSPS) is 13.6. The van der Waals surface area contributed by atoms with Gasteiger partial charge in [-0.3, -0.25) is 4.79 Å². The molecule has 3 rings (SSSR count). The van der Waals surface area contributed by atoms with Crippen molar-refractivity contribution in [1.82, 2.24) is 4.90 Å². The number of halogens is 5. The molecule has 2 aromatic rings. The molecule has 1 amide bonds. The predicted octanol–water partition coefficient (Wildman–Crippen LogP) is 3.55. The number of carbonyl (C=O) groups is 1. The number of rotatable bonds is 2. The molecule has 2 aromatic carbocycles. The summed E-state index contributed by atoms with van der Waals surface area (Å²) in [5.74, 6) is -11.1. The molecule has 3 nitrogen and oxygen atoms in total. The number of fused-ring (bicyclic) bond motifs is 1. The van der Waals surface area contributed by atoms with Gasteiger partial charge in [-0.05, 0) is 18.6 Å². The smallest absolute Gasteiger partial charge is 0.255 e. The lowest BCUT2D eigenvalue weighted by atomic mass is 10.0. The number of hydrogen-bond donors (Lipinski definition) is 1. The van der Waals surface area contributed by atoms with Gasteiger partial charge in [0.1, 0.15) is 5.75 Å². The van der Waals surface area contributed by atoms with Crippen LogP contribution in [-0.2, 0) is 13.1 Å². The van der Waals surface area contributed by atoms with Gasteiger partial charge in [-0.15, -0.1) is 0 Å². The van der Waals surface area contributed by atoms with Gasteiger partial charge in [0.15, 0.2) is 23.3 Å². The van der Waals surface area contributed by atoms with Crippen molar-refractivity contribution in [2.24, 2.45) is 0 Å². The zero-order chi connectivity index (χ0) is 17.8. The van der Waals surface area contributed by atoms with E-state index in [2.05, 4.69) is 0 Å². The van der Waals surface area contributed by atoms with Crippen molar-refractivity contribution in [1.29, 1.82) is 0 Å². The highest BCUT2D eigenvalue weighted by molar-refractivity contribution is 6.00. The third-order valence-electron chi connectivity index (χ3n) is 4.03. The van der Waals surface area contributed by atoms with E-state index in [1.54, 1.807) is 0 Å². The van der Waals surface area contributed by atoms with Crippen LogP contribution < -0.4 is 0 Å². The van der Waals surface area contributed by atoms with Gasteiger partial charge in [-0.2, -0.15) is 0 Å². The van der Waals surface area contributed by atoms with E-state index >= 15 is 0 Å². The number of nitrogens with zero attached hydrogens (tertiary/aromatic N) is 1. The third kappa shape index (κ3) is 2.21. The van der Waals surface area contributed by atoms with Gasteiger partial charge in [0, 0.05) is 17.7 Å². The molecule has 0 fully saturated rings. The molecule has 24 heavy (non-hydrogen) atoms. The molecule has 1 aliphatic rings. The van der Waals surface area contributed by atoms with Gasteiger partial charge in [-0.25, -0.2) is 22.0 Å². The zero-order valence-corrected chi connectivity index (χ0v) is 12.3. The molecule has 0 saturated heterocycles. The first-order valence-electron chi connectivity index (χ1n) is 6.85. The molecule has 0 saturated carbocycles. The molecule has 0 aliphatic carbocycles. The summed E-state index contributed by atoms with van der Waals surface area (Å²) in [6, 6.07) is 2.83. The Kier molecular flexibility index (Phi) is 3.70. The highest BCUT2D eigenvalue weighted by Crippen LogP contribution is 2.33. The van der Waals surface area contributed by atoms with Crippen molar-refractivity contribution in [3.8, 4) is 5.75 Å². The van der Waals surface area contributed by atoms with E-state index < -0.39 is 47.1 Å². The molecule has 0 atom stereocenters. The second-order valence-electron chi connectivity index (χ2n) is 5.45. The van der Waals surface area contributed by atoms with Gasteiger partial charge >= 0.3 is 0 Å². The minimum absolute atomic E-state index is 0.0607. The fraction of sp³-hybridized carbons (Fsp3) is 0.188. The quantitative estimate of drug-likeness (QED) is 0.515. The van der Waals surface area contributed by atoms with E-state index in [1.807, 2.05) is 0 Å². The number of aromatic hydroxyl groups is 1. The lowest BCUT2D eigenvalue weighted by Gasteiger charge is -2.17. The maximum Gasteiger partial charge on any atom is 0.255 e. The van der Waals surface area contributed by atoms with Crippen LogP contribution >= 0.6 is 0 Å². The summed E-state index contributed by atoms with van der Waals surface area (Å²) >= 11 is 0. The molecular formula is C16H10F5NO2. The standard InChI is InChI=1S/C16H10F5NO2/c1-6-9(23)3-2-7-4-22(16(24)10(6)7)5-8-11(17)13(19)15(21)14(20)12(8)18/h2-3,23H,4-5H2,1H3. The largest absolute Gasteiger partial charge is 0.508 e. The molecule has 1 heterocycles. The molecule has 0 bridgehead atoms. The van der Waals surface area contributed by atoms with Crippen LogP contribution in [0.25, 0.3) is 0 Å². The molecule has 0 spiro atoms. The number of amides is 1. The average molecular weight is 343 g/mol. The summed E-state index contributed by atoms with van der Waals surface area (Å²) in [7, 11) is 0. The van der Waals surface area contributed by atoms with Crippen LogP contribution in [0.3, 0.4) is 0 Å². The van der Waals surface area contributed by atoms with E-state index in [9.17, 15) is 31.9 Å². The molecule has 0 aromatic heterocycles. The minimum Gasteiger partial charge on any atom is -0.508 e. The molecule has 0 radical (unpaired) electrons. The van der Waals surface area contributed by atoms with Gasteiger partial charge in [0.25, 0.3) is 5.91 Å². The topological polar surface area (TPSA) is 40.5 Å². The van der Waals surface area contributed by atoms with Crippen LogP contribution in [0.1, 0.15) is 27.0 Å². The summed E-state index contributed by atoms with van der Waals surface area (Å²) in [5, 5.41) is 9.64. The van der Waals surface area contributed by atoms with Crippen LogP contribution in [0.15, 0.2) is 12.1 Å². The average Bonchev–Trinajstić information content (AvgIpc) is 2.88. The number of benzene rings is 2. The Hall–Kier alpha value is -2.64. The van der Waals surface area contributed by atoms with Crippen LogP contribution in [0, 0.1) is 36.0 Å². The van der Waals surface area contributed by atoms with E-state index in [0.717, 1.165) is 4.90 Å². The Balaban J connectivity index is 2.01. The van der Waals surface area contributed by atoms with Crippen molar-refractivity contribution < 1.29 is 31.9 Å². The fourth-order valence-corrected chi connectivity index (χ4v) is 2.73. The first kappa shape index (κ1) is 16.2. The second kappa shape index (κ2) is 5.47. The first-order chi connectivity index (χ1) is 11.2. The van der Waals surface area contributed by atoms with Crippen LogP contribution in [-0.4, -0.2) is 15.9 Å². The third-order valence-corrected chi connectivity index (χ3v) is 4.03. The van der Waals surface area contributed by atoms with Crippen LogP contribution in [0.5, 0.6) is 5.75 Å². The maximum absolute atomic E-state index is 13.8. The number of phenolic OH excluding ortho intramolecular Hbond substituents is 1. The Morgan fingerprint density at radius 3 is 2.12 bits per heavy atom. The number of carbonyl (C=O) groups excluding carboxylic acids is 1. The maximum atomic E-state index is 13.8. The molecule has 0 unspecified atom stereocenters. The second-order valence-corrected chi connectivity index (χ2v) is 5.45. The first-order valence-corrected chi connectivity index (χ1v) is 6.85. The Morgan fingerprint density at radius 1 is 1.00 bits per heavy atom. The van der Waals surface area contributed by atoms with Crippen molar-refractivity contribution in [3.05, 3.63) is 63.5 Å². The monoisotopic (exact) mass is 343 g/mol. The van der Waals surface area contributed by atoms with Gasteiger partial charge in [-0.1, -0.05) is 6.07 Å². The number of phenols is 1. The van der Waals surface area contributed by atoms with E-state index in [-0.39, 0.29) is 23.4 Å². The Morgan fingerprint density at radius 2 is 1.54 bits per heavy atom. The predicted molar refractivity (Wildman–Crippen MR) is 72.7 cm³/mol. The Labute approximate surface area is 132 Å². The zero-order valence-electron chi connectivity index (χ0n) is 12.3. The fourth-order valence-electron chi connectivity index (χ4n) is 2.73. The summed E-state index contributed by atoms with van der Waals surface area (Å²) in [6.07, 6.45) is 0. The lowest BCUT2D eigenvalue weighted by Crippen LogP contribution is -2.25. The lowest BCUT2D eigenvalue weighted by molar-refractivity contribution is 0.0761. The summed E-state index contributed by atoms with van der Waals surface area (Å²) in [4.78, 5) is 13.3. The van der Waals surface area contributed by atoms with Crippen molar-refractivity contribution >= 4 is 5.91 Å². The highest BCUT2D eigenvalue weighted by Gasteiger charge is 2.33. The SMILES string of the molecule is Cc1c(O)ccc2c1C(=O)N(Cc1c(F)c(F)c(F)c(F)c1F)C2. The summed E-state index contributed by atoms with van der Waals surface area (Å²) < 4.78 is 67.1. The van der Waals surface area contributed by atoms with Crippen molar-refractivity contribution in [2.75, 3.05) is 0 Å². The minimum atomic E-state index is -2.24. The highest BCUT2D eigenvalue weighted by atomic mass is 19.2. The summed E-state index contributed by atoms with van der Waals surface area (Å²) in [6.45, 7) is 0.655. The molecule has 126 valence electrons. The Bertz CT molecular complexity index is 852. The van der Waals surface area contributed by atoms with Crippen molar-refractivity contribution in [2.45, 2.75) is 20.0 Å².